The molecule has 1 aromatic heterocycles. The van der Waals surface area contributed by atoms with Gasteiger partial charge in [-0.2, -0.15) is 0 Å². The van der Waals surface area contributed by atoms with Crippen LogP contribution in [0.3, 0.4) is 0 Å². The molecule has 1 saturated heterocycles. The van der Waals surface area contributed by atoms with Crippen LogP contribution in [0.4, 0.5) is 0 Å². The summed E-state index contributed by atoms with van der Waals surface area (Å²) in [5.74, 6) is 0. The van der Waals surface area contributed by atoms with Gasteiger partial charge in [0.05, 0.1) is 13.2 Å². The second kappa shape index (κ2) is 6.48. The fourth-order valence-electron chi connectivity index (χ4n) is 2.74. The highest BCUT2D eigenvalue weighted by molar-refractivity contribution is 9.10. The van der Waals surface area contributed by atoms with Crippen molar-refractivity contribution in [2.45, 2.75) is 12.8 Å². The van der Waals surface area contributed by atoms with Crippen molar-refractivity contribution < 1.29 is 4.74 Å². The van der Waals surface area contributed by atoms with E-state index in [-0.39, 0.29) is 0 Å². The van der Waals surface area contributed by atoms with E-state index in [1.54, 1.807) is 0 Å². The van der Waals surface area contributed by atoms with Crippen molar-refractivity contribution in [3.8, 4) is 0 Å². The molecule has 1 fully saturated rings. The molecule has 108 valence electrons. The number of aryl methyl sites for hydroxylation is 1. The van der Waals surface area contributed by atoms with Gasteiger partial charge in [0.1, 0.15) is 5.15 Å². The number of fused-ring (bicyclic) bond motifs is 1. The van der Waals surface area contributed by atoms with Crippen LogP contribution in [-0.2, 0) is 11.2 Å². The Bertz CT molecular complexity index is 593. The summed E-state index contributed by atoms with van der Waals surface area (Å²) in [7, 11) is 0. The van der Waals surface area contributed by atoms with Gasteiger partial charge in [-0.1, -0.05) is 27.5 Å². The number of rotatable bonds is 4. The lowest BCUT2D eigenvalue weighted by Gasteiger charge is -2.26. The molecule has 0 saturated carbocycles. The summed E-state index contributed by atoms with van der Waals surface area (Å²) >= 11 is 9.86. The molecular formula is C15H18BrClN2O. The molecule has 1 N–H and O–H groups in total. The number of aromatic amines is 1. The second-order valence-corrected chi connectivity index (χ2v) is 6.46. The molecule has 0 unspecified atom stereocenters. The van der Waals surface area contributed by atoms with E-state index < -0.39 is 0 Å². The van der Waals surface area contributed by atoms with E-state index in [0.717, 1.165) is 60.8 Å². The smallest absolute Gasteiger partial charge is 0.110 e. The number of benzene rings is 1. The second-order valence-electron chi connectivity index (χ2n) is 5.17. The molecule has 0 amide bonds. The molecule has 2 heterocycles. The van der Waals surface area contributed by atoms with Gasteiger partial charge in [-0.05, 0) is 43.1 Å². The maximum absolute atomic E-state index is 6.34. The van der Waals surface area contributed by atoms with Gasteiger partial charge in [0, 0.05) is 28.5 Å². The number of hydrogen-bond acceptors (Lipinski definition) is 2. The highest BCUT2D eigenvalue weighted by Gasteiger charge is 2.13. The van der Waals surface area contributed by atoms with E-state index in [1.807, 2.05) is 6.07 Å². The molecule has 1 aliphatic heterocycles. The number of morpholine rings is 1. The topological polar surface area (TPSA) is 28.3 Å². The van der Waals surface area contributed by atoms with Crippen molar-refractivity contribution in [3.63, 3.8) is 0 Å². The van der Waals surface area contributed by atoms with Crippen LogP contribution < -0.4 is 0 Å². The molecule has 1 aliphatic rings. The minimum absolute atomic E-state index is 0.778. The SMILES string of the molecule is Clc1[nH]c2ccc(Br)cc2c1CCCN1CCOCC1. The summed E-state index contributed by atoms with van der Waals surface area (Å²) in [5.41, 5.74) is 2.34. The van der Waals surface area contributed by atoms with Crippen LogP contribution in [0.25, 0.3) is 10.9 Å². The maximum atomic E-state index is 6.34. The summed E-state index contributed by atoms with van der Waals surface area (Å²) in [6, 6.07) is 6.24. The maximum Gasteiger partial charge on any atom is 0.110 e. The first-order valence-electron chi connectivity index (χ1n) is 7.00. The van der Waals surface area contributed by atoms with Crippen LogP contribution in [-0.4, -0.2) is 42.7 Å². The van der Waals surface area contributed by atoms with E-state index in [2.05, 4.69) is 37.9 Å². The van der Waals surface area contributed by atoms with Crippen LogP contribution in [0.5, 0.6) is 0 Å². The Kier molecular flexibility index (Phi) is 4.66. The Morgan fingerprint density at radius 2 is 2.10 bits per heavy atom. The summed E-state index contributed by atoms with van der Waals surface area (Å²) in [5, 5.41) is 2.01. The fourth-order valence-corrected chi connectivity index (χ4v) is 3.39. The van der Waals surface area contributed by atoms with Crippen molar-refractivity contribution in [1.82, 2.24) is 9.88 Å². The summed E-state index contributed by atoms with van der Waals surface area (Å²) < 4.78 is 6.46. The minimum atomic E-state index is 0.778. The Morgan fingerprint density at radius 3 is 2.90 bits per heavy atom. The predicted molar refractivity (Wildman–Crippen MR) is 86.6 cm³/mol. The molecule has 1 aromatic carbocycles. The van der Waals surface area contributed by atoms with Crippen LogP contribution >= 0.6 is 27.5 Å². The number of nitrogens with zero attached hydrogens (tertiary/aromatic N) is 1. The van der Waals surface area contributed by atoms with Gasteiger partial charge in [0.25, 0.3) is 0 Å². The van der Waals surface area contributed by atoms with E-state index in [1.165, 1.54) is 10.9 Å². The summed E-state index contributed by atoms with van der Waals surface area (Å²) in [4.78, 5) is 5.71. The lowest BCUT2D eigenvalue weighted by Crippen LogP contribution is -2.36. The van der Waals surface area contributed by atoms with Crippen LogP contribution in [0, 0.1) is 0 Å². The molecule has 0 atom stereocenters. The fraction of sp³-hybridized carbons (Fsp3) is 0.467. The van der Waals surface area contributed by atoms with Gasteiger partial charge in [-0.25, -0.2) is 0 Å². The van der Waals surface area contributed by atoms with E-state index >= 15 is 0 Å². The van der Waals surface area contributed by atoms with Crippen molar-refractivity contribution in [1.29, 1.82) is 0 Å². The molecule has 3 nitrogen and oxygen atoms in total. The molecule has 2 aromatic rings. The highest BCUT2D eigenvalue weighted by atomic mass is 79.9. The summed E-state index contributed by atoms with van der Waals surface area (Å²) in [6.07, 6.45) is 2.13. The molecule has 0 bridgehead atoms. The third-order valence-electron chi connectivity index (χ3n) is 3.82. The van der Waals surface area contributed by atoms with Crippen LogP contribution in [0.15, 0.2) is 22.7 Å². The third kappa shape index (κ3) is 3.19. The number of halogens is 2. The lowest BCUT2D eigenvalue weighted by molar-refractivity contribution is 0.0375. The van der Waals surface area contributed by atoms with Crippen molar-refractivity contribution >= 4 is 38.4 Å². The number of nitrogens with one attached hydrogen (secondary N) is 1. The molecule has 3 rings (SSSR count). The van der Waals surface area contributed by atoms with Gasteiger partial charge in [0.15, 0.2) is 0 Å². The number of H-pyrrole nitrogens is 1. The first-order chi connectivity index (χ1) is 9.74. The highest BCUT2D eigenvalue weighted by Crippen LogP contribution is 2.29. The molecule has 0 radical (unpaired) electrons. The zero-order valence-electron chi connectivity index (χ0n) is 11.3. The molecule has 5 heteroatoms. The molecule has 20 heavy (non-hydrogen) atoms. The predicted octanol–water partition coefficient (Wildman–Crippen LogP) is 3.85. The first-order valence-corrected chi connectivity index (χ1v) is 8.17. The van der Waals surface area contributed by atoms with Gasteiger partial charge in [0.2, 0.25) is 0 Å². The Hall–Kier alpha value is -0.550. The average molecular weight is 358 g/mol. The Morgan fingerprint density at radius 1 is 1.30 bits per heavy atom. The third-order valence-corrected chi connectivity index (χ3v) is 4.64. The Balaban J connectivity index is 1.67. The standard InChI is InChI=1S/C15H18BrClN2O/c16-11-3-4-14-13(10-11)12(15(17)18-14)2-1-5-19-6-8-20-9-7-19/h3-4,10,18H,1-2,5-9H2. The largest absolute Gasteiger partial charge is 0.379 e. The van der Waals surface area contributed by atoms with Gasteiger partial charge >= 0.3 is 0 Å². The van der Waals surface area contributed by atoms with Crippen molar-refractivity contribution in [2.75, 3.05) is 32.8 Å². The molecule has 0 aliphatic carbocycles. The average Bonchev–Trinajstić information content (AvgIpc) is 2.76. The van der Waals surface area contributed by atoms with Gasteiger partial charge < -0.3 is 9.72 Å². The van der Waals surface area contributed by atoms with Crippen LogP contribution in [0.2, 0.25) is 5.15 Å². The zero-order valence-corrected chi connectivity index (χ0v) is 13.6. The van der Waals surface area contributed by atoms with E-state index in [9.17, 15) is 0 Å². The molecule has 0 spiro atoms. The number of ether oxygens (including phenoxy) is 1. The van der Waals surface area contributed by atoms with Crippen molar-refractivity contribution in [3.05, 3.63) is 33.4 Å². The lowest BCUT2D eigenvalue weighted by atomic mass is 10.1. The van der Waals surface area contributed by atoms with E-state index in [0.29, 0.717) is 0 Å². The normalized spacial score (nSPS) is 16.9. The monoisotopic (exact) mass is 356 g/mol. The number of hydrogen-bond donors (Lipinski definition) is 1. The zero-order chi connectivity index (χ0) is 13.9. The Labute approximate surface area is 132 Å². The van der Waals surface area contributed by atoms with Crippen LogP contribution in [0.1, 0.15) is 12.0 Å². The summed E-state index contributed by atoms with van der Waals surface area (Å²) in [6.45, 7) is 4.93. The quantitative estimate of drug-likeness (QED) is 0.900. The van der Waals surface area contributed by atoms with Gasteiger partial charge in [-0.15, -0.1) is 0 Å². The molecular weight excluding hydrogens is 340 g/mol. The number of aromatic nitrogens is 1. The van der Waals surface area contributed by atoms with Gasteiger partial charge in [-0.3, -0.25) is 4.90 Å². The van der Waals surface area contributed by atoms with E-state index in [4.69, 9.17) is 16.3 Å². The first kappa shape index (κ1) is 14.4. The minimum Gasteiger partial charge on any atom is -0.379 e. The van der Waals surface area contributed by atoms with Crippen molar-refractivity contribution in [2.24, 2.45) is 0 Å².